The first-order valence-corrected chi connectivity index (χ1v) is 8.75. The molecule has 0 fully saturated rings. The van der Waals surface area contributed by atoms with Crippen molar-refractivity contribution in [2.24, 2.45) is 5.84 Å². The highest BCUT2D eigenvalue weighted by Crippen LogP contribution is 2.35. The number of anilines is 2. The van der Waals surface area contributed by atoms with E-state index >= 15 is 0 Å². The lowest BCUT2D eigenvalue weighted by Gasteiger charge is -2.10. The lowest BCUT2D eigenvalue weighted by Crippen LogP contribution is -2.12. The van der Waals surface area contributed by atoms with Crippen molar-refractivity contribution in [3.63, 3.8) is 0 Å². The highest BCUT2D eigenvalue weighted by atomic mass is 32.1. The molecular formula is C19H16N4O2S. The molecule has 0 spiro atoms. The second-order valence-electron chi connectivity index (χ2n) is 5.67. The van der Waals surface area contributed by atoms with Gasteiger partial charge in [0.2, 0.25) is 0 Å². The molecule has 4 rings (SSSR count). The number of nitrogens with one attached hydrogen (secondary N) is 2. The maximum atomic E-state index is 12.8. The van der Waals surface area contributed by atoms with Crippen molar-refractivity contribution < 1.29 is 9.53 Å². The number of nitrogens with zero attached hydrogens (tertiary/aromatic N) is 1. The fourth-order valence-electron chi connectivity index (χ4n) is 2.91. The molecule has 1 heterocycles. The summed E-state index contributed by atoms with van der Waals surface area (Å²) in [4.78, 5) is 17.2. The quantitative estimate of drug-likeness (QED) is 0.376. The standard InChI is InChI=1S/C19H16N4O2S/c1-25-15-9-12(10-16-17(15)22-19(23-20)26-16)21-18(24)14-8-4-6-11-5-2-3-7-13(11)14/h2-10H,20H2,1H3,(H,21,24)(H,22,23). The van der Waals surface area contributed by atoms with Gasteiger partial charge < -0.3 is 10.1 Å². The molecule has 0 aliphatic rings. The highest BCUT2D eigenvalue weighted by molar-refractivity contribution is 7.22. The predicted octanol–water partition coefficient (Wildman–Crippen LogP) is 4.00. The van der Waals surface area contributed by atoms with Gasteiger partial charge in [-0.15, -0.1) is 0 Å². The van der Waals surface area contributed by atoms with E-state index in [1.807, 2.05) is 48.5 Å². The number of aromatic nitrogens is 1. The second-order valence-corrected chi connectivity index (χ2v) is 6.70. The Labute approximate surface area is 153 Å². The van der Waals surface area contributed by atoms with Crippen LogP contribution in [0.2, 0.25) is 0 Å². The Morgan fingerprint density at radius 2 is 1.96 bits per heavy atom. The second kappa shape index (κ2) is 6.62. The van der Waals surface area contributed by atoms with E-state index in [2.05, 4.69) is 15.7 Å². The lowest BCUT2D eigenvalue weighted by atomic mass is 10.0. The number of fused-ring (bicyclic) bond motifs is 2. The van der Waals surface area contributed by atoms with Crippen molar-refractivity contribution in [2.75, 3.05) is 17.9 Å². The number of methoxy groups -OCH3 is 1. The van der Waals surface area contributed by atoms with E-state index in [9.17, 15) is 4.79 Å². The fourth-order valence-corrected chi connectivity index (χ4v) is 3.74. The van der Waals surface area contributed by atoms with Crippen LogP contribution in [0.25, 0.3) is 21.0 Å². The van der Waals surface area contributed by atoms with Crippen molar-refractivity contribution >= 4 is 49.1 Å². The van der Waals surface area contributed by atoms with E-state index in [-0.39, 0.29) is 5.91 Å². The van der Waals surface area contributed by atoms with E-state index in [1.165, 1.54) is 11.3 Å². The molecule has 0 saturated heterocycles. The minimum absolute atomic E-state index is 0.176. The number of nitrogen functional groups attached to an aromatic ring is 1. The van der Waals surface area contributed by atoms with Crippen LogP contribution in [0.4, 0.5) is 10.8 Å². The molecule has 7 heteroatoms. The third-order valence-corrected chi connectivity index (χ3v) is 5.03. The molecular weight excluding hydrogens is 348 g/mol. The summed E-state index contributed by atoms with van der Waals surface area (Å²) in [5.41, 5.74) is 4.50. The molecule has 0 aliphatic carbocycles. The van der Waals surface area contributed by atoms with Gasteiger partial charge in [-0.25, -0.2) is 10.8 Å². The summed E-state index contributed by atoms with van der Waals surface area (Å²) in [5, 5.41) is 5.46. The number of nitrogens with two attached hydrogens (primary N) is 1. The number of hydrogen-bond donors (Lipinski definition) is 3. The van der Waals surface area contributed by atoms with E-state index < -0.39 is 0 Å². The number of hydrogen-bond acceptors (Lipinski definition) is 6. The van der Waals surface area contributed by atoms with E-state index in [0.29, 0.717) is 27.6 Å². The molecule has 0 unspecified atom stereocenters. The summed E-state index contributed by atoms with van der Waals surface area (Å²) in [7, 11) is 1.57. The molecule has 130 valence electrons. The monoisotopic (exact) mass is 364 g/mol. The summed E-state index contributed by atoms with van der Waals surface area (Å²) in [5.74, 6) is 5.84. The van der Waals surface area contributed by atoms with E-state index in [0.717, 1.165) is 15.5 Å². The molecule has 0 bridgehead atoms. The largest absolute Gasteiger partial charge is 0.494 e. The maximum absolute atomic E-state index is 12.8. The summed E-state index contributed by atoms with van der Waals surface area (Å²) < 4.78 is 6.27. The first kappa shape index (κ1) is 16.3. The number of benzene rings is 3. The van der Waals surface area contributed by atoms with Crippen LogP contribution in [-0.2, 0) is 0 Å². The van der Waals surface area contributed by atoms with Gasteiger partial charge in [0.25, 0.3) is 5.91 Å². The molecule has 1 amide bonds. The molecule has 4 aromatic rings. The van der Waals surface area contributed by atoms with Crippen molar-refractivity contribution in [3.05, 3.63) is 60.2 Å². The Morgan fingerprint density at radius 3 is 2.77 bits per heavy atom. The summed E-state index contributed by atoms with van der Waals surface area (Å²) in [6.45, 7) is 0. The molecule has 4 N–H and O–H groups in total. The van der Waals surface area contributed by atoms with Gasteiger partial charge in [0.05, 0.1) is 11.8 Å². The zero-order valence-electron chi connectivity index (χ0n) is 13.9. The number of hydrazine groups is 1. The fraction of sp³-hybridized carbons (Fsp3) is 0.0526. The van der Waals surface area contributed by atoms with Gasteiger partial charge in [-0.1, -0.05) is 47.7 Å². The van der Waals surface area contributed by atoms with Crippen LogP contribution >= 0.6 is 11.3 Å². The van der Waals surface area contributed by atoms with Crippen LogP contribution in [0.15, 0.2) is 54.6 Å². The third-order valence-electron chi connectivity index (χ3n) is 4.10. The number of rotatable bonds is 4. The van der Waals surface area contributed by atoms with E-state index in [4.69, 9.17) is 10.6 Å². The molecule has 26 heavy (non-hydrogen) atoms. The molecule has 6 nitrogen and oxygen atoms in total. The normalized spacial score (nSPS) is 10.8. The number of carbonyl (C=O) groups is 1. The van der Waals surface area contributed by atoms with Crippen LogP contribution in [0.1, 0.15) is 10.4 Å². The Hall–Kier alpha value is -3.16. The SMILES string of the molecule is COc1cc(NC(=O)c2cccc3ccccc23)cc2sc(NN)nc12. The van der Waals surface area contributed by atoms with Gasteiger partial charge >= 0.3 is 0 Å². The predicted molar refractivity (Wildman–Crippen MR) is 106 cm³/mol. The Balaban J connectivity index is 1.73. The zero-order valence-corrected chi connectivity index (χ0v) is 14.8. The van der Waals surface area contributed by atoms with Crippen molar-refractivity contribution in [1.29, 1.82) is 0 Å². The van der Waals surface area contributed by atoms with Crippen LogP contribution < -0.4 is 21.3 Å². The van der Waals surface area contributed by atoms with E-state index in [1.54, 1.807) is 13.2 Å². The van der Waals surface area contributed by atoms with Gasteiger partial charge in [0, 0.05) is 17.3 Å². The average molecular weight is 364 g/mol. The summed E-state index contributed by atoms with van der Waals surface area (Å²) in [6.07, 6.45) is 0. The number of thiazole rings is 1. The highest BCUT2D eigenvalue weighted by Gasteiger charge is 2.14. The number of amides is 1. The Morgan fingerprint density at radius 1 is 1.15 bits per heavy atom. The molecule has 0 atom stereocenters. The number of ether oxygens (including phenoxy) is 1. The topological polar surface area (TPSA) is 89.3 Å². The minimum Gasteiger partial charge on any atom is -0.494 e. The van der Waals surface area contributed by atoms with Crippen LogP contribution in [-0.4, -0.2) is 18.0 Å². The first-order chi connectivity index (χ1) is 12.7. The third kappa shape index (κ3) is 2.83. The van der Waals surface area contributed by atoms with Crippen molar-refractivity contribution in [1.82, 2.24) is 4.98 Å². The Kier molecular flexibility index (Phi) is 4.16. The van der Waals surface area contributed by atoms with Crippen LogP contribution in [0.3, 0.4) is 0 Å². The van der Waals surface area contributed by atoms with Gasteiger partial charge in [0.15, 0.2) is 5.13 Å². The van der Waals surface area contributed by atoms with Crippen LogP contribution in [0.5, 0.6) is 5.75 Å². The minimum atomic E-state index is -0.176. The average Bonchev–Trinajstić information content (AvgIpc) is 3.10. The van der Waals surface area contributed by atoms with Crippen LogP contribution in [0, 0.1) is 0 Å². The molecule has 0 saturated carbocycles. The zero-order chi connectivity index (χ0) is 18.1. The van der Waals surface area contributed by atoms with Crippen molar-refractivity contribution in [3.8, 4) is 5.75 Å². The lowest BCUT2D eigenvalue weighted by molar-refractivity contribution is 0.102. The van der Waals surface area contributed by atoms with Gasteiger partial charge in [-0.05, 0) is 22.9 Å². The first-order valence-electron chi connectivity index (χ1n) is 7.94. The molecule has 0 aliphatic heterocycles. The van der Waals surface area contributed by atoms with Gasteiger partial charge in [0.1, 0.15) is 11.3 Å². The van der Waals surface area contributed by atoms with Gasteiger partial charge in [-0.3, -0.25) is 10.2 Å². The van der Waals surface area contributed by atoms with Gasteiger partial charge in [-0.2, -0.15) is 0 Å². The molecule has 1 aromatic heterocycles. The summed E-state index contributed by atoms with van der Waals surface area (Å²) >= 11 is 1.39. The maximum Gasteiger partial charge on any atom is 0.256 e. The number of carbonyl (C=O) groups excluding carboxylic acids is 1. The van der Waals surface area contributed by atoms with Crippen molar-refractivity contribution in [2.45, 2.75) is 0 Å². The molecule has 3 aromatic carbocycles. The molecule has 0 radical (unpaired) electrons. The summed E-state index contributed by atoms with van der Waals surface area (Å²) in [6, 6.07) is 17.1. The Bertz CT molecular complexity index is 1120. The smallest absolute Gasteiger partial charge is 0.256 e.